The molecule has 2 aliphatic rings. The molecule has 0 saturated carbocycles. The topological polar surface area (TPSA) is 118 Å². The van der Waals surface area contributed by atoms with Crippen LogP contribution < -0.4 is 5.46 Å². The molecule has 0 bridgehead atoms. The van der Waals surface area contributed by atoms with Gasteiger partial charge in [-0.25, -0.2) is 19.9 Å². The van der Waals surface area contributed by atoms with Gasteiger partial charge in [-0.3, -0.25) is 0 Å². The Kier molecular flexibility index (Phi) is 13.4. The Morgan fingerprint density at radius 1 is 0.333 bits per heavy atom. The number of hydrogen-bond donors (Lipinski definition) is 2. The van der Waals surface area contributed by atoms with Crippen molar-refractivity contribution in [3.8, 4) is 79.2 Å². The van der Waals surface area contributed by atoms with E-state index in [0.29, 0.717) is 44.6 Å². The molecule has 2 aromatic heterocycles. The normalized spacial score (nSPS) is 13.0. The van der Waals surface area contributed by atoms with Crippen LogP contribution in [0.5, 0.6) is 0 Å². The zero-order chi connectivity index (χ0) is 50.1. The van der Waals surface area contributed by atoms with Gasteiger partial charge in [-0.05, 0) is 98.0 Å². The second-order valence-electron chi connectivity index (χ2n) is 18.6. The molecule has 0 atom stereocenters. The largest absolute Gasteiger partial charge is 0.488 e. The Bertz CT molecular complexity index is 3630. The number of rotatable bonds is 6. The molecule has 2 N–H and O–H groups in total. The van der Waals surface area contributed by atoms with Gasteiger partial charge < -0.3 is 10.0 Å². The molecule has 10 aromatic rings. The van der Waals surface area contributed by atoms with E-state index in [1.165, 1.54) is 50.6 Å². The zero-order valence-corrected chi connectivity index (χ0v) is 42.0. The monoisotopic (exact) mass is 998 g/mol. The molecule has 0 amide bonds. The van der Waals surface area contributed by atoms with E-state index in [0.717, 1.165) is 27.8 Å². The summed E-state index contributed by atoms with van der Waals surface area (Å²) in [5, 5.41) is 18.6. The molecule has 0 fully saturated rings. The predicted octanol–water partition coefficient (Wildman–Crippen LogP) is 14.0. The summed E-state index contributed by atoms with van der Waals surface area (Å²) < 4.78 is 0. The number of nitrogens with zero attached hydrogens (tertiary/aromatic N) is 6. The maximum Gasteiger partial charge on any atom is 0.488 e. The first-order valence-corrected chi connectivity index (χ1v) is 24.5. The van der Waals surface area contributed by atoms with E-state index in [9.17, 15) is 0 Å². The first-order valence-electron chi connectivity index (χ1n) is 23.4. The first kappa shape index (κ1) is 48.3. The lowest BCUT2D eigenvalue weighted by Gasteiger charge is -2.21. The minimum absolute atomic E-state index is 0.0684. The average molecular weight is 1000 g/mol. The Hall–Kier alpha value is -7.37. The van der Waals surface area contributed by atoms with Crippen LogP contribution in [-0.2, 0) is 10.8 Å². The highest BCUT2D eigenvalue weighted by atomic mass is 35.5. The van der Waals surface area contributed by atoms with E-state index in [1.54, 1.807) is 18.2 Å². The number of aromatic nitrogens is 6. The van der Waals surface area contributed by atoms with Crippen molar-refractivity contribution in [3.05, 3.63) is 232 Å². The third-order valence-electron chi connectivity index (χ3n) is 13.2. The van der Waals surface area contributed by atoms with Crippen LogP contribution in [0.15, 0.2) is 194 Å². The highest BCUT2D eigenvalue weighted by Gasteiger charge is 2.37. The third-order valence-corrected chi connectivity index (χ3v) is 13.9. The van der Waals surface area contributed by atoms with Crippen LogP contribution in [-0.4, -0.2) is 47.1 Å². The molecule has 12 rings (SSSR count). The van der Waals surface area contributed by atoms with Crippen molar-refractivity contribution < 1.29 is 10.0 Å². The second kappa shape index (κ2) is 20.0. The number of hydrogen-bond acceptors (Lipinski definition) is 8. The SMILES string of the molecule is CC1(C)c2ccccc2-c2ccc(-c3nc(-c4ccccc4)nc(-c4cccc(Cl)c4)n3)cc21.CC1(C)c2ccccc2-c2ccc(-c3nc(Cl)nc(-c4ccccc4)n3)cc21.OB(O)c1cccc(Cl)c1. The quantitative estimate of drug-likeness (QED) is 0.158. The molecule has 2 aliphatic carbocycles. The molecular weight excluding hydrogens is 954 g/mol. The lowest BCUT2D eigenvalue weighted by atomic mass is 9.81. The molecule has 0 spiro atoms. The van der Waals surface area contributed by atoms with E-state index in [4.69, 9.17) is 59.8 Å². The lowest BCUT2D eigenvalue weighted by molar-refractivity contribution is 0.426. The van der Waals surface area contributed by atoms with E-state index in [2.05, 4.69) is 128 Å². The van der Waals surface area contributed by atoms with Crippen LogP contribution in [0.25, 0.3) is 79.2 Å². The first-order chi connectivity index (χ1) is 34.7. The Labute approximate surface area is 434 Å². The maximum absolute atomic E-state index is 8.65. The van der Waals surface area contributed by atoms with Crippen LogP contribution >= 0.6 is 34.8 Å². The average Bonchev–Trinajstić information content (AvgIpc) is 3.78. The molecule has 8 nitrogen and oxygen atoms in total. The highest BCUT2D eigenvalue weighted by molar-refractivity contribution is 6.59. The fraction of sp³-hybridized carbons (Fsp3) is 0.100. The summed E-state index contributed by atoms with van der Waals surface area (Å²) in [6.45, 7) is 9.08. The van der Waals surface area contributed by atoms with Crippen molar-refractivity contribution in [1.29, 1.82) is 0 Å². The second-order valence-corrected chi connectivity index (χ2v) is 19.8. The van der Waals surface area contributed by atoms with Gasteiger partial charge in [-0.15, -0.1) is 0 Å². The summed E-state index contributed by atoms with van der Waals surface area (Å²) in [7, 11) is -1.43. The molecule has 72 heavy (non-hydrogen) atoms. The van der Waals surface area contributed by atoms with Crippen LogP contribution in [0, 0.1) is 0 Å². The standard InChI is InChI=1S/C30H22ClN3.C24H18ClN3.C6H6BClO2/c1-30(2)25-14-7-6-13-23(25)24-16-15-21(18-26(24)30)29-33-27(19-9-4-3-5-10-19)32-28(34-29)20-11-8-12-22(31)17-20;1-24(2)19-11-7-6-10-17(19)18-13-12-16(14-20(18)24)22-26-21(27-23(25)28-22)15-8-4-3-5-9-15;8-6-3-1-2-5(4-6)7(9)10/h3-18H,1-2H3;3-14H,1-2H3;1-4,9-10H. The molecule has 8 aromatic carbocycles. The molecule has 2 heterocycles. The van der Waals surface area contributed by atoms with E-state index >= 15 is 0 Å². The molecule has 0 radical (unpaired) electrons. The Morgan fingerprint density at radius 3 is 1.14 bits per heavy atom. The minimum atomic E-state index is -1.43. The van der Waals surface area contributed by atoms with Gasteiger partial charge in [-0.2, -0.15) is 9.97 Å². The van der Waals surface area contributed by atoms with E-state index < -0.39 is 7.12 Å². The van der Waals surface area contributed by atoms with Crippen LogP contribution in [0.3, 0.4) is 0 Å². The van der Waals surface area contributed by atoms with Crippen LogP contribution in [0.4, 0.5) is 0 Å². The summed E-state index contributed by atoms with van der Waals surface area (Å²) in [5.41, 5.74) is 15.3. The van der Waals surface area contributed by atoms with Gasteiger partial charge in [0.15, 0.2) is 29.1 Å². The Morgan fingerprint density at radius 2 is 0.694 bits per heavy atom. The highest BCUT2D eigenvalue weighted by Crippen LogP contribution is 2.50. The predicted molar refractivity (Wildman–Crippen MR) is 293 cm³/mol. The summed E-state index contributed by atoms with van der Waals surface area (Å²) in [6.07, 6.45) is 0. The van der Waals surface area contributed by atoms with Crippen LogP contribution in [0.2, 0.25) is 15.3 Å². The molecule has 12 heteroatoms. The van der Waals surface area contributed by atoms with Gasteiger partial charge >= 0.3 is 7.12 Å². The van der Waals surface area contributed by atoms with Gasteiger partial charge in [-0.1, -0.05) is 209 Å². The molecule has 0 unspecified atom stereocenters. The molecule has 0 aliphatic heterocycles. The summed E-state index contributed by atoms with van der Waals surface area (Å²) in [4.78, 5) is 28.0. The zero-order valence-electron chi connectivity index (χ0n) is 39.8. The third kappa shape index (κ3) is 9.70. The number of halogens is 3. The van der Waals surface area contributed by atoms with Gasteiger partial charge in [0.2, 0.25) is 5.28 Å². The fourth-order valence-electron chi connectivity index (χ4n) is 9.53. The maximum atomic E-state index is 8.65. The van der Waals surface area contributed by atoms with E-state index in [1.807, 2.05) is 84.9 Å². The van der Waals surface area contributed by atoms with Crippen molar-refractivity contribution in [2.75, 3.05) is 0 Å². The van der Waals surface area contributed by atoms with Gasteiger partial charge in [0, 0.05) is 48.7 Å². The Balaban J connectivity index is 0.000000141. The van der Waals surface area contributed by atoms with E-state index in [-0.39, 0.29) is 16.1 Å². The molecular formula is C60H46BCl3N6O2. The van der Waals surface area contributed by atoms with Gasteiger partial charge in [0.05, 0.1) is 0 Å². The van der Waals surface area contributed by atoms with Crippen LogP contribution in [0.1, 0.15) is 49.9 Å². The van der Waals surface area contributed by atoms with Gasteiger partial charge in [0.25, 0.3) is 0 Å². The minimum Gasteiger partial charge on any atom is -0.423 e. The molecule has 352 valence electrons. The summed E-state index contributed by atoms with van der Waals surface area (Å²) in [5.74, 6) is 3.07. The molecule has 0 saturated heterocycles. The van der Waals surface area contributed by atoms with Crippen molar-refractivity contribution in [2.45, 2.75) is 38.5 Å². The van der Waals surface area contributed by atoms with Crippen molar-refractivity contribution in [1.82, 2.24) is 29.9 Å². The van der Waals surface area contributed by atoms with Gasteiger partial charge in [0.1, 0.15) is 0 Å². The smallest absolute Gasteiger partial charge is 0.423 e. The number of fused-ring (bicyclic) bond motifs is 6. The lowest BCUT2D eigenvalue weighted by Crippen LogP contribution is -2.29. The summed E-state index contributed by atoms with van der Waals surface area (Å²) >= 11 is 18.1. The van der Waals surface area contributed by atoms with Crippen molar-refractivity contribution in [2.24, 2.45) is 0 Å². The van der Waals surface area contributed by atoms with Crippen molar-refractivity contribution >= 4 is 47.4 Å². The van der Waals surface area contributed by atoms with Crippen molar-refractivity contribution in [3.63, 3.8) is 0 Å². The fourth-order valence-corrected chi connectivity index (χ4v) is 10.1. The number of benzene rings is 8. The summed E-state index contributed by atoms with van der Waals surface area (Å²) in [6, 6.07) is 64.1.